The Morgan fingerprint density at radius 1 is 1.11 bits per heavy atom. The third-order valence-electron chi connectivity index (χ3n) is 6.50. The van der Waals surface area contributed by atoms with Crippen molar-refractivity contribution in [1.29, 1.82) is 5.41 Å². The lowest BCUT2D eigenvalue weighted by atomic mass is 10.00. The smallest absolute Gasteiger partial charge is 0.383 e. The number of rotatable bonds is 6. The number of alkyl halides is 3. The summed E-state index contributed by atoms with van der Waals surface area (Å²) >= 11 is 0. The molecule has 2 aromatic heterocycles. The number of aromatic nitrogens is 3. The van der Waals surface area contributed by atoms with Crippen molar-refractivity contribution < 1.29 is 18.0 Å². The fraction of sp³-hybridized carbons (Fsp3) is 0.292. The van der Waals surface area contributed by atoms with Crippen LogP contribution in [0, 0.1) is 11.3 Å². The number of carbonyl (C=O) groups excluding carboxylic acids is 1. The van der Waals surface area contributed by atoms with Crippen molar-refractivity contribution in [2.75, 3.05) is 22.9 Å². The number of nitrogens with one attached hydrogen (secondary N) is 4. The Kier molecular flexibility index (Phi) is 6.04. The maximum Gasteiger partial charge on any atom is 0.433 e. The standard InChI is InChI=1S/C24H23F3N8O/c25-24(26,27)18-5-4-15(10-31-18)34-23(36)14-3-1-2-13(8-14)20(28)19-21(29)32-11-33-22(19)35-17-7-12-6-16(17)30-9-12/h1-5,8,10-12,16-17,28,30H,6-7,9H2,(H,34,36)(H3,29,32,33,35). The summed E-state index contributed by atoms with van der Waals surface area (Å²) in [4.78, 5) is 24.5. The zero-order valence-electron chi connectivity index (χ0n) is 18.9. The highest BCUT2D eigenvalue weighted by Crippen LogP contribution is 2.34. The van der Waals surface area contributed by atoms with E-state index >= 15 is 0 Å². The van der Waals surface area contributed by atoms with E-state index < -0.39 is 17.8 Å². The first kappa shape index (κ1) is 23.7. The molecule has 1 amide bonds. The van der Waals surface area contributed by atoms with Gasteiger partial charge in [-0.05, 0) is 49.6 Å². The Balaban J connectivity index is 1.35. The third-order valence-corrected chi connectivity index (χ3v) is 6.50. The molecule has 1 aromatic carbocycles. The molecule has 0 spiro atoms. The average Bonchev–Trinajstić information content (AvgIpc) is 3.47. The zero-order valence-corrected chi connectivity index (χ0v) is 18.9. The van der Waals surface area contributed by atoms with E-state index in [-0.39, 0.29) is 28.8 Å². The molecular formula is C24H23F3N8O. The molecule has 12 heteroatoms. The number of pyridine rings is 1. The van der Waals surface area contributed by atoms with Gasteiger partial charge >= 0.3 is 6.18 Å². The molecule has 186 valence electrons. The van der Waals surface area contributed by atoms with Crippen LogP contribution in [0.3, 0.4) is 0 Å². The number of nitrogens with two attached hydrogens (primary N) is 1. The van der Waals surface area contributed by atoms with Crippen LogP contribution in [0.1, 0.15) is 40.0 Å². The monoisotopic (exact) mass is 496 g/mol. The van der Waals surface area contributed by atoms with Crippen LogP contribution in [0.25, 0.3) is 0 Å². The number of halogens is 3. The van der Waals surface area contributed by atoms with Crippen molar-refractivity contribution in [3.05, 3.63) is 71.3 Å². The number of benzene rings is 1. The van der Waals surface area contributed by atoms with E-state index in [4.69, 9.17) is 11.1 Å². The Bertz CT molecular complexity index is 1310. The van der Waals surface area contributed by atoms with Crippen LogP contribution in [0.15, 0.2) is 48.9 Å². The predicted octanol–water partition coefficient (Wildman–Crippen LogP) is 3.30. The summed E-state index contributed by atoms with van der Waals surface area (Å²) in [6, 6.07) is 8.73. The maximum atomic E-state index is 12.7. The molecular weight excluding hydrogens is 473 g/mol. The molecule has 9 nitrogen and oxygen atoms in total. The average molecular weight is 496 g/mol. The first-order chi connectivity index (χ1) is 17.2. The Hall–Kier alpha value is -4.06. The highest BCUT2D eigenvalue weighted by molar-refractivity contribution is 6.17. The van der Waals surface area contributed by atoms with Crippen molar-refractivity contribution >= 4 is 28.9 Å². The van der Waals surface area contributed by atoms with E-state index in [1.807, 2.05) is 0 Å². The predicted molar refractivity (Wildman–Crippen MR) is 128 cm³/mol. The number of carbonyl (C=O) groups is 1. The molecule has 36 heavy (non-hydrogen) atoms. The molecule has 1 aliphatic heterocycles. The van der Waals surface area contributed by atoms with Gasteiger partial charge in [-0.15, -0.1) is 0 Å². The summed E-state index contributed by atoms with van der Waals surface area (Å²) in [5.41, 5.74) is 6.19. The van der Waals surface area contributed by atoms with E-state index in [1.165, 1.54) is 18.5 Å². The lowest BCUT2D eigenvalue weighted by Gasteiger charge is -2.25. The minimum atomic E-state index is -4.57. The molecule has 2 fully saturated rings. The number of anilines is 3. The van der Waals surface area contributed by atoms with Crippen molar-refractivity contribution in [1.82, 2.24) is 20.3 Å². The van der Waals surface area contributed by atoms with Crippen LogP contribution in [0.2, 0.25) is 0 Å². The molecule has 1 saturated heterocycles. The lowest BCUT2D eigenvalue weighted by molar-refractivity contribution is -0.141. The van der Waals surface area contributed by atoms with Gasteiger partial charge < -0.3 is 21.7 Å². The second-order valence-corrected chi connectivity index (χ2v) is 8.93. The van der Waals surface area contributed by atoms with Gasteiger partial charge in [-0.1, -0.05) is 12.1 Å². The molecule has 1 aliphatic carbocycles. The number of nitrogens with zero attached hydrogens (tertiary/aromatic N) is 3. The molecule has 1 saturated carbocycles. The normalized spacial score (nSPS) is 20.8. The maximum absolute atomic E-state index is 12.7. The summed E-state index contributed by atoms with van der Waals surface area (Å²) in [6.07, 6.45) is -0.185. The van der Waals surface area contributed by atoms with E-state index in [0.717, 1.165) is 37.7 Å². The Labute approximate surface area is 204 Å². The molecule has 3 atom stereocenters. The number of fused-ring (bicyclic) bond motifs is 2. The number of hydrogen-bond acceptors (Lipinski definition) is 8. The van der Waals surface area contributed by atoms with Crippen LogP contribution in [0.4, 0.5) is 30.5 Å². The van der Waals surface area contributed by atoms with Gasteiger partial charge in [0.05, 0.1) is 23.2 Å². The SMILES string of the molecule is N=C(c1cccc(C(=O)Nc2ccc(C(F)(F)F)nc2)c1)c1c(N)ncnc1NC1CC2CNC1C2. The summed E-state index contributed by atoms with van der Waals surface area (Å²) in [5.74, 6) is 0.649. The van der Waals surface area contributed by atoms with Crippen molar-refractivity contribution in [3.8, 4) is 0 Å². The van der Waals surface area contributed by atoms with Crippen molar-refractivity contribution in [2.24, 2.45) is 5.92 Å². The highest BCUT2D eigenvalue weighted by Gasteiger charge is 2.40. The van der Waals surface area contributed by atoms with Gasteiger partial charge in [-0.25, -0.2) is 15.0 Å². The van der Waals surface area contributed by atoms with Crippen LogP contribution < -0.4 is 21.7 Å². The molecule has 3 aromatic rings. The van der Waals surface area contributed by atoms with Gasteiger partial charge in [0, 0.05) is 23.2 Å². The van der Waals surface area contributed by atoms with Crippen LogP contribution in [0.5, 0.6) is 0 Å². The van der Waals surface area contributed by atoms with Gasteiger partial charge in [-0.3, -0.25) is 10.2 Å². The van der Waals surface area contributed by atoms with E-state index in [9.17, 15) is 18.0 Å². The number of piperidine rings is 1. The van der Waals surface area contributed by atoms with Crippen molar-refractivity contribution in [3.63, 3.8) is 0 Å². The quantitative estimate of drug-likeness (QED) is 0.330. The van der Waals surface area contributed by atoms with Crippen LogP contribution >= 0.6 is 0 Å². The minimum absolute atomic E-state index is 0.0394. The second-order valence-electron chi connectivity index (χ2n) is 8.93. The third kappa shape index (κ3) is 4.71. The van der Waals surface area contributed by atoms with Gasteiger partial charge in [0.2, 0.25) is 0 Å². The molecule has 6 N–H and O–H groups in total. The van der Waals surface area contributed by atoms with Crippen molar-refractivity contribution in [2.45, 2.75) is 31.1 Å². The lowest BCUT2D eigenvalue weighted by Crippen LogP contribution is -2.41. The molecule has 3 heterocycles. The molecule has 2 bridgehead atoms. The molecule has 3 unspecified atom stereocenters. The topological polar surface area (TPSA) is 142 Å². The Morgan fingerprint density at radius 2 is 1.92 bits per heavy atom. The summed E-state index contributed by atoms with van der Waals surface area (Å²) in [7, 11) is 0. The van der Waals surface area contributed by atoms with E-state index in [1.54, 1.807) is 12.1 Å². The number of hydrogen-bond donors (Lipinski definition) is 5. The minimum Gasteiger partial charge on any atom is -0.383 e. The first-order valence-corrected chi connectivity index (χ1v) is 11.3. The fourth-order valence-electron chi connectivity index (χ4n) is 4.74. The van der Waals surface area contributed by atoms with Gasteiger partial charge in [0.25, 0.3) is 5.91 Å². The van der Waals surface area contributed by atoms with Gasteiger partial charge in [0.1, 0.15) is 23.7 Å². The summed E-state index contributed by atoms with van der Waals surface area (Å²) in [5, 5.41) is 18.2. The van der Waals surface area contributed by atoms with E-state index in [0.29, 0.717) is 28.9 Å². The fourth-order valence-corrected chi connectivity index (χ4v) is 4.74. The number of nitrogen functional groups attached to an aromatic ring is 1. The van der Waals surface area contributed by atoms with Crippen LogP contribution in [-0.4, -0.2) is 45.2 Å². The number of amides is 1. The summed E-state index contributed by atoms with van der Waals surface area (Å²) < 4.78 is 38.2. The Morgan fingerprint density at radius 3 is 2.58 bits per heavy atom. The highest BCUT2D eigenvalue weighted by atomic mass is 19.4. The van der Waals surface area contributed by atoms with Gasteiger partial charge in [-0.2, -0.15) is 13.2 Å². The molecule has 2 aliphatic rings. The molecule has 0 radical (unpaired) electrons. The zero-order chi connectivity index (χ0) is 25.4. The first-order valence-electron chi connectivity index (χ1n) is 11.3. The summed E-state index contributed by atoms with van der Waals surface area (Å²) in [6.45, 7) is 1.01. The van der Waals surface area contributed by atoms with Gasteiger partial charge in [0.15, 0.2) is 0 Å². The van der Waals surface area contributed by atoms with Crippen LogP contribution in [-0.2, 0) is 6.18 Å². The van der Waals surface area contributed by atoms with E-state index in [2.05, 4.69) is 30.9 Å². The largest absolute Gasteiger partial charge is 0.433 e. The second kappa shape index (κ2) is 9.19. The molecule has 5 rings (SSSR count).